The van der Waals surface area contributed by atoms with Crippen LogP contribution in [0.2, 0.25) is 0 Å². The first-order chi connectivity index (χ1) is 8.74. The number of carbonyl (C=O) groups excluding carboxylic acids is 2. The minimum atomic E-state index is 0.135. The van der Waals surface area contributed by atoms with Gasteiger partial charge in [0, 0.05) is 52.4 Å². The molecule has 18 heavy (non-hydrogen) atoms. The molecule has 6 heteroatoms. The van der Waals surface area contributed by atoms with Gasteiger partial charge in [-0.3, -0.25) is 4.79 Å². The molecule has 0 atom stereocenters. The Balaban J connectivity index is 1.80. The molecule has 0 spiro atoms. The first-order valence-electron chi connectivity index (χ1n) is 6.70. The molecule has 0 saturated carbocycles. The summed E-state index contributed by atoms with van der Waals surface area (Å²) >= 11 is 0. The highest BCUT2D eigenvalue weighted by molar-refractivity contribution is 5.74. The van der Waals surface area contributed by atoms with Crippen LogP contribution in [0.3, 0.4) is 0 Å². The molecular formula is C12H22N4O2. The summed E-state index contributed by atoms with van der Waals surface area (Å²) in [4.78, 5) is 30.8. The van der Waals surface area contributed by atoms with Crippen molar-refractivity contribution < 1.29 is 9.59 Å². The highest BCUT2D eigenvalue weighted by Crippen LogP contribution is 2.08. The van der Waals surface area contributed by atoms with E-state index in [1.165, 1.54) is 0 Å². The maximum atomic E-state index is 12.3. The molecule has 0 aromatic carbocycles. The highest BCUT2D eigenvalue weighted by atomic mass is 16.2. The van der Waals surface area contributed by atoms with Crippen LogP contribution in [0, 0.1) is 0 Å². The van der Waals surface area contributed by atoms with Gasteiger partial charge in [0.1, 0.15) is 0 Å². The third-order valence-corrected chi connectivity index (χ3v) is 3.82. The van der Waals surface area contributed by atoms with E-state index in [0.29, 0.717) is 26.2 Å². The summed E-state index contributed by atoms with van der Waals surface area (Å²) in [5.41, 5.74) is 0. The zero-order valence-electron chi connectivity index (χ0n) is 11.0. The van der Waals surface area contributed by atoms with Gasteiger partial charge in [0.2, 0.25) is 6.41 Å². The lowest BCUT2D eigenvalue weighted by atomic mass is 10.3. The van der Waals surface area contributed by atoms with Gasteiger partial charge in [0.25, 0.3) is 0 Å². The Hall–Kier alpha value is -1.30. The SMILES string of the molecule is CCN1CCN(C(=O)N2CCN(C=O)CC2)CC1. The quantitative estimate of drug-likeness (QED) is 0.625. The highest BCUT2D eigenvalue weighted by Gasteiger charge is 2.26. The number of rotatable bonds is 2. The largest absolute Gasteiger partial charge is 0.342 e. The molecule has 0 unspecified atom stereocenters. The zero-order chi connectivity index (χ0) is 13.0. The van der Waals surface area contributed by atoms with Gasteiger partial charge in [-0.15, -0.1) is 0 Å². The molecule has 0 aliphatic carbocycles. The van der Waals surface area contributed by atoms with Crippen LogP contribution in [0.15, 0.2) is 0 Å². The molecular weight excluding hydrogens is 232 g/mol. The summed E-state index contributed by atoms with van der Waals surface area (Å²) in [6.45, 7) is 9.41. The maximum Gasteiger partial charge on any atom is 0.320 e. The molecule has 0 aromatic heterocycles. The summed E-state index contributed by atoms with van der Waals surface area (Å²) in [7, 11) is 0. The minimum absolute atomic E-state index is 0.135. The molecule has 2 aliphatic rings. The fraction of sp³-hybridized carbons (Fsp3) is 0.833. The minimum Gasteiger partial charge on any atom is -0.342 e. The fourth-order valence-electron chi connectivity index (χ4n) is 2.47. The third kappa shape index (κ3) is 2.93. The summed E-state index contributed by atoms with van der Waals surface area (Å²) in [6.07, 6.45) is 0.863. The summed E-state index contributed by atoms with van der Waals surface area (Å²) < 4.78 is 0. The smallest absolute Gasteiger partial charge is 0.320 e. The van der Waals surface area contributed by atoms with Gasteiger partial charge in [0.15, 0.2) is 0 Å². The van der Waals surface area contributed by atoms with Crippen LogP contribution in [-0.2, 0) is 4.79 Å². The van der Waals surface area contributed by atoms with Crippen LogP contribution < -0.4 is 0 Å². The van der Waals surface area contributed by atoms with Gasteiger partial charge in [-0.25, -0.2) is 4.79 Å². The molecule has 3 amide bonds. The number of hydrogen-bond acceptors (Lipinski definition) is 3. The van der Waals surface area contributed by atoms with Crippen molar-refractivity contribution in [3.05, 3.63) is 0 Å². The molecule has 0 aromatic rings. The molecule has 2 heterocycles. The van der Waals surface area contributed by atoms with E-state index in [0.717, 1.165) is 39.1 Å². The molecule has 0 N–H and O–H groups in total. The van der Waals surface area contributed by atoms with Gasteiger partial charge >= 0.3 is 6.03 Å². The Morgan fingerprint density at radius 1 is 0.944 bits per heavy atom. The van der Waals surface area contributed by atoms with Gasteiger partial charge < -0.3 is 19.6 Å². The maximum absolute atomic E-state index is 12.3. The Kier molecular flexibility index (Phi) is 4.41. The van der Waals surface area contributed by atoms with E-state index >= 15 is 0 Å². The number of likely N-dealkylation sites (N-methyl/N-ethyl adjacent to an activating group) is 1. The standard InChI is InChI=1S/C12H22N4O2/c1-2-13-3-7-15(8-4-13)12(18)16-9-5-14(11-17)6-10-16/h11H,2-10H2,1H3. The van der Waals surface area contributed by atoms with E-state index in [2.05, 4.69) is 11.8 Å². The second-order valence-corrected chi connectivity index (χ2v) is 4.83. The van der Waals surface area contributed by atoms with Crippen molar-refractivity contribution in [2.24, 2.45) is 0 Å². The lowest BCUT2D eigenvalue weighted by Crippen LogP contribution is -2.56. The van der Waals surface area contributed by atoms with Gasteiger partial charge in [0.05, 0.1) is 0 Å². The predicted molar refractivity (Wildman–Crippen MR) is 68.3 cm³/mol. The number of carbonyl (C=O) groups is 2. The summed E-state index contributed by atoms with van der Waals surface area (Å²) in [5.74, 6) is 0. The van der Waals surface area contributed by atoms with E-state index in [9.17, 15) is 9.59 Å². The third-order valence-electron chi connectivity index (χ3n) is 3.82. The molecule has 2 saturated heterocycles. The van der Waals surface area contributed by atoms with E-state index < -0.39 is 0 Å². The fourth-order valence-corrected chi connectivity index (χ4v) is 2.47. The normalized spacial score (nSPS) is 22.2. The number of hydrogen-bond donors (Lipinski definition) is 0. The van der Waals surface area contributed by atoms with E-state index in [1.54, 1.807) is 4.90 Å². The Morgan fingerprint density at radius 2 is 1.44 bits per heavy atom. The van der Waals surface area contributed by atoms with E-state index in [4.69, 9.17) is 0 Å². The Morgan fingerprint density at radius 3 is 1.89 bits per heavy atom. The predicted octanol–water partition coefficient (Wildman–Crippen LogP) is -0.482. The van der Waals surface area contributed by atoms with Crippen molar-refractivity contribution in [2.75, 3.05) is 58.9 Å². The topological polar surface area (TPSA) is 47.1 Å². The summed E-state index contributed by atoms with van der Waals surface area (Å²) in [6, 6.07) is 0.135. The van der Waals surface area contributed by atoms with Crippen molar-refractivity contribution in [1.82, 2.24) is 19.6 Å². The number of urea groups is 1. The van der Waals surface area contributed by atoms with Crippen LogP contribution in [-0.4, -0.2) is 90.9 Å². The van der Waals surface area contributed by atoms with Crippen LogP contribution in [0.1, 0.15) is 6.92 Å². The molecule has 0 radical (unpaired) electrons. The first kappa shape index (κ1) is 13.1. The van der Waals surface area contributed by atoms with Crippen molar-refractivity contribution in [3.8, 4) is 0 Å². The van der Waals surface area contributed by atoms with E-state index in [-0.39, 0.29) is 6.03 Å². The Labute approximate surface area is 108 Å². The molecule has 2 fully saturated rings. The van der Waals surface area contributed by atoms with E-state index in [1.807, 2.05) is 9.80 Å². The Bertz CT molecular complexity index is 294. The van der Waals surface area contributed by atoms with Crippen LogP contribution in [0.25, 0.3) is 0 Å². The van der Waals surface area contributed by atoms with Crippen molar-refractivity contribution >= 4 is 12.4 Å². The first-order valence-corrected chi connectivity index (χ1v) is 6.70. The van der Waals surface area contributed by atoms with Gasteiger partial charge in [-0.1, -0.05) is 6.92 Å². The summed E-state index contributed by atoms with van der Waals surface area (Å²) in [5, 5.41) is 0. The number of piperazine rings is 2. The van der Waals surface area contributed by atoms with Crippen molar-refractivity contribution in [1.29, 1.82) is 0 Å². The second-order valence-electron chi connectivity index (χ2n) is 4.83. The van der Waals surface area contributed by atoms with Crippen LogP contribution >= 0.6 is 0 Å². The van der Waals surface area contributed by atoms with Crippen molar-refractivity contribution in [2.45, 2.75) is 6.92 Å². The molecule has 2 rings (SSSR count). The monoisotopic (exact) mass is 254 g/mol. The zero-order valence-corrected chi connectivity index (χ0v) is 11.0. The number of amides is 3. The molecule has 0 bridgehead atoms. The van der Waals surface area contributed by atoms with Gasteiger partial charge in [-0.2, -0.15) is 0 Å². The molecule has 2 aliphatic heterocycles. The molecule has 102 valence electrons. The lowest BCUT2D eigenvalue weighted by molar-refractivity contribution is -0.119. The average Bonchev–Trinajstić information content (AvgIpc) is 2.47. The second kappa shape index (κ2) is 6.04. The average molecular weight is 254 g/mol. The van der Waals surface area contributed by atoms with Crippen molar-refractivity contribution in [3.63, 3.8) is 0 Å². The number of nitrogens with zero attached hydrogens (tertiary/aromatic N) is 4. The molecule has 6 nitrogen and oxygen atoms in total. The van der Waals surface area contributed by atoms with Crippen LogP contribution in [0.5, 0.6) is 0 Å². The lowest BCUT2D eigenvalue weighted by Gasteiger charge is -2.39. The van der Waals surface area contributed by atoms with Gasteiger partial charge in [-0.05, 0) is 6.54 Å². The van der Waals surface area contributed by atoms with Crippen LogP contribution in [0.4, 0.5) is 4.79 Å².